The lowest BCUT2D eigenvalue weighted by Crippen LogP contribution is -2.50. The highest BCUT2D eigenvalue weighted by Crippen LogP contribution is 2.35. The lowest BCUT2D eigenvalue weighted by atomic mass is 9.88. The van der Waals surface area contributed by atoms with E-state index in [2.05, 4.69) is 10.3 Å². The molecule has 7 nitrogen and oxygen atoms in total. The minimum atomic E-state index is -3.60. The SMILES string of the molecule is O=C1NC(C2CCCCC2)=NC12CCN(S(=O)(=O)C=Cc1cccc3ncccc13)CC2. The van der Waals surface area contributed by atoms with Crippen molar-refractivity contribution in [2.75, 3.05) is 13.1 Å². The average Bonchev–Trinajstić information content (AvgIpc) is 3.14. The molecule has 2 aromatic rings. The lowest BCUT2D eigenvalue weighted by Gasteiger charge is -2.34. The molecule has 1 aliphatic carbocycles. The van der Waals surface area contributed by atoms with Crippen molar-refractivity contribution < 1.29 is 13.2 Å². The van der Waals surface area contributed by atoms with Gasteiger partial charge in [-0.3, -0.25) is 14.8 Å². The number of nitrogens with one attached hydrogen (secondary N) is 1. The van der Waals surface area contributed by atoms with E-state index in [0.717, 1.165) is 35.1 Å². The number of pyridine rings is 1. The van der Waals surface area contributed by atoms with E-state index in [1.165, 1.54) is 29.0 Å². The number of amides is 1. The number of aromatic nitrogens is 1. The number of hydrogen-bond donors (Lipinski definition) is 1. The second-order valence-corrected chi connectivity index (χ2v) is 10.8. The van der Waals surface area contributed by atoms with E-state index in [1.54, 1.807) is 12.3 Å². The second kappa shape index (κ2) is 8.41. The Labute approximate surface area is 188 Å². The first-order valence-electron chi connectivity index (χ1n) is 11.4. The summed E-state index contributed by atoms with van der Waals surface area (Å²) < 4.78 is 27.4. The Bertz CT molecular complexity index is 1190. The normalized spacial score (nSPS) is 22.5. The molecule has 5 rings (SSSR count). The van der Waals surface area contributed by atoms with Crippen LogP contribution < -0.4 is 5.32 Å². The molecule has 1 spiro atoms. The Balaban J connectivity index is 1.29. The molecule has 2 fully saturated rings. The van der Waals surface area contributed by atoms with Gasteiger partial charge in [0.1, 0.15) is 11.4 Å². The van der Waals surface area contributed by atoms with E-state index in [-0.39, 0.29) is 5.91 Å². The van der Waals surface area contributed by atoms with E-state index in [4.69, 9.17) is 4.99 Å². The summed E-state index contributed by atoms with van der Waals surface area (Å²) in [7, 11) is -3.60. The van der Waals surface area contributed by atoms with Crippen LogP contribution in [0.15, 0.2) is 46.9 Å². The van der Waals surface area contributed by atoms with Crippen LogP contribution in [0.3, 0.4) is 0 Å². The summed E-state index contributed by atoms with van der Waals surface area (Å²) in [6, 6.07) is 9.42. The average molecular weight is 453 g/mol. The number of amidine groups is 1. The Hall–Kier alpha value is -2.58. The Kier molecular flexibility index (Phi) is 5.59. The summed E-state index contributed by atoms with van der Waals surface area (Å²) in [6.45, 7) is 0.581. The fourth-order valence-electron chi connectivity index (χ4n) is 5.08. The molecule has 0 atom stereocenters. The maximum atomic E-state index is 13.0. The van der Waals surface area contributed by atoms with E-state index in [9.17, 15) is 13.2 Å². The topological polar surface area (TPSA) is 91.7 Å². The quantitative estimate of drug-likeness (QED) is 0.769. The fraction of sp³-hybridized carbons (Fsp3) is 0.458. The van der Waals surface area contributed by atoms with Crippen LogP contribution >= 0.6 is 0 Å². The molecule has 1 N–H and O–H groups in total. The predicted octanol–water partition coefficient (Wildman–Crippen LogP) is 3.48. The smallest absolute Gasteiger partial charge is 0.253 e. The third-order valence-electron chi connectivity index (χ3n) is 7.00. The lowest BCUT2D eigenvalue weighted by molar-refractivity contribution is -0.124. The summed E-state index contributed by atoms with van der Waals surface area (Å²) in [5.41, 5.74) is 0.833. The zero-order valence-corrected chi connectivity index (χ0v) is 18.9. The molecule has 0 radical (unpaired) electrons. The van der Waals surface area contributed by atoms with Gasteiger partial charge in [0.05, 0.1) is 5.52 Å². The molecule has 1 saturated carbocycles. The standard InChI is InChI=1S/C24H28N4O3S/c29-23-24(27-22(26-23)19-6-2-1-3-7-19)12-15-28(16-13-24)32(30,31)17-11-18-8-4-10-21-20(18)9-5-14-25-21/h4-5,8-11,14,17,19H,1-3,6-7,12-13,15-16H2,(H,26,27,29). The number of rotatable bonds is 4. The summed E-state index contributed by atoms with van der Waals surface area (Å²) >= 11 is 0. The molecule has 168 valence electrons. The third-order valence-corrected chi connectivity index (χ3v) is 8.56. The van der Waals surface area contributed by atoms with Gasteiger partial charge in [-0.2, -0.15) is 4.31 Å². The third kappa shape index (κ3) is 3.97. The molecule has 32 heavy (non-hydrogen) atoms. The highest BCUT2D eigenvalue weighted by Gasteiger charge is 2.48. The summed E-state index contributed by atoms with van der Waals surface area (Å²) in [5.74, 6) is 1.11. The molecule has 1 amide bonds. The summed E-state index contributed by atoms with van der Waals surface area (Å²) in [6.07, 6.45) is 9.94. The molecule has 0 unspecified atom stereocenters. The van der Waals surface area contributed by atoms with Gasteiger partial charge in [0.15, 0.2) is 0 Å². The van der Waals surface area contributed by atoms with Gasteiger partial charge in [-0.1, -0.05) is 37.5 Å². The maximum Gasteiger partial charge on any atom is 0.253 e. The van der Waals surface area contributed by atoms with Crippen LogP contribution in [-0.2, 0) is 14.8 Å². The predicted molar refractivity (Wildman–Crippen MR) is 125 cm³/mol. The van der Waals surface area contributed by atoms with Gasteiger partial charge in [-0.15, -0.1) is 0 Å². The number of piperidine rings is 1. The van der Waals surface area contributed by atoms with Gasteiger partial charge in [0, 0.05) is 36.0 Å². The molecule has 0 bridgehead atoms. The first-order chi connectivity index (χ1) is 15.5. The molecule has 1 aromatic heterocycles. The van der Waals surface area contributed by atoms with E-state index in [0.29, 0.717) is 31.8 Å². The van der Waals surface area contributed by atoms with Crippen molar-refractivity contribution in [3.63, 3.8) is 0 Å². The van der Waals surface area contributed by atoms with E-state index < -0.39 is 15.6 Å². The summed E-state index contributed by atoms with van der Waals surface area (Å²) in [5, 5.41) is 5.20. The number of aliphatic imine (C=N–C) groups is 1. The molecular formula is C24H28N4O3S. The van der Waals surface area contributed by atoms with Crippen LogP contribution in [0.2, 0.25) is 0 Å². The van der Waals surface area contributed by atoms with E-state index in [1.807, 2.05) is 30.3 Å². The van der Waals surface area contributed by atoms with E-state index >= 15 is 0 Å². The van der Waals surface area contributed by atoms with Gasteiger partial charge < -0.3 is 5.32 Å². The second-order valence-electron chi connectivity index (χ2n) is 8.98. The minimum Gasteiger partial charge on any atom is -0.312 e. The number of carbonyl (C=O) groups is 1. The number of hydrogen-bond acceptors (Lipinski definition) is 5. The number of nitrogens with zero attached hydrogens (tertiary/aromatic N) is 3. The first kappa shape index (κ1) is 21.3. The maximum absolute atomic E-state index is 13.0. The fourth-order valence-corrected chi connectivity index (χ4v) is 6.26. The van der Waals surface area contributed by atoms with Gasteiger partial charge in [-0.25, -0.2) is 8.42 Å². The molecular weight excluding hydrogens is 424 g/mol. The Morgan fingerprint density at radius 1 is 1.06 bits per heavy atom. The zero-order chi connectivity index (χ0) is 22.2. The van der Waals surface area contributed by atoms with Crippen molar-refractivity contribution in [3.8, 4) is 0 Å². The highest BCUT2D eigenvalue weighted by atomic mass is 32.2. The van der Waals surface area contributed by atoms with Crippen molar-refractivity contribution >= 4 is 38.7 Å². The number of benzene rings is 1. The van der Waals surface area contributed by atoms with Crippen molar-refractivity contribution in [1.82, 2.24) is 14.6 Å². The van der Waals surface area contributed by atoms with Crippen LogP contribution in [0.25, 0.3) is 17.0 Å². The molecule has 8 heteroatoms. The molecule has 3 heterocycles. The van der Waals surface area contributed by atoms with Gasteiger partial charge in [0.25, 0.3) is 5.91 Å². The first-order valence-corrected chi connectivity index (χ1v) is 12.9. The van der Waals surface area contributed by atoms with Crippen LogP contribution in [0.5, 0.6) is 0 Å². The highest BCUT2D eigenvalue weighted by molar-refractivity contribution is 7.92. The number of fused-ring (bicyclic) bond motifs is 1. The van der Waals surface area contributed by atoms with Gasteiger partial charge in [0.2, 0.25) is 10.0 Å². The van der Waals surface area contributed by atoms with Gasteiger partial charge >= 0.3 is 0 Å². The molecule has 2 aliphatic heterocycles. The van der Waals surface area contributed by atoms with Crippen LogP contribution in [0.1, 0.15) is 50.5 Å². The van der Waals surface area contributed by atoms with Crippen molar-refractivity contribution in [2.24, 2.45) is 10.9 Å². The number of carbonyl (C=O) groups excluding carboxylic acids is 1. The van der Waals surface area contributed by atoms with Crippen LogP contribution in [0, 0.1) is 5.92 Å². The van der Waals surface area contributed by atoms with Crippen molar-refractivity contribution in [1.29, 1.82) is 0 Å². The van der Waals surface area contributed by atoms with Crippen LogP contribution in [-0.4, -0.2) is 48.1 Å². The van der Waals surface area contributed by atoms with Crippen molar-refractivity contribution in [2.45, 2.75) is 50.5 Å². The van der Waals surface area contributed by atoms with Crippen molar-refractivity contribution in [3.05, 3.63) is 47.5 Å². The molecule has 3 aliphatic rings. The number of sulfonamides is 1. The molecule has 1 saturated heterocycles. The zero-order valence-electron chi connectivity index (χ0n) is 18.0. The monoisotopic (exact) mass is 452 g/mol. The Morgan fingerprint density at radius 3 is 2.62 bits per heavy atom. The minimum absolute atomic E-state index is 0.0612. The summed E-state index contributed by atoms with van der Waals surface area (Å²) in [4.78, 5) is 21.9. The van der Waals surface area contributed by atoms with Gasteiger partial charge in [-0.05, 0) is 49.5 Å². The largest absolute Gasteiger partial charge is 0.312 e. The molecule has 1 aromatic carbocycles. The Morgan fingerprint density at radius 2 is 1.84 bits per heavy atom. The van der Waals surface area contributed by atoms with Crippen LogP contribution in [0.4, 0.5) is 0 Å².